The second kappa shape index (κ2) is 6.21. The third kappa shape index (κ3) is 2.64. The standard InChI is InChI=1S/C22H19BrO4/c1-11-5-6-14(26-13-4-2-3-12(23)9-13)10-15(11)18-21(24)19-16-7-8-17(27-16)20(19)22(18)25/h2-6,9-10,16-17,19-20,24H,7-8H2,1H3/t16-,17+,19-,20+/m1/s1. The summed E-state index contributed by atoms with van der Waals surface area (Å²) >= 11 is 3.44. The molecule has 138 valence electrons. The van der Waals surface area contributed by atoms with Crippen LogP contribution in [0, 0.1) is 18.8 Å². The summed E-state index contributed by atoms with van der Waals surface area (Å²) in [5.41, 5.74) is 2.14. The highest BCUT2D eigenvalue weighted by molar-refractivity contribution is 9.10. The van der Waals surface area contributed by atoms with Crippen LogP contribution in [0.5, 0.6) is 11.5 Å². The number of hydrogen-bond acceptors (Lipinski definition) is 4. The van der Waals surface area contributed by atoms with Crippen LogP contribution in [0.4, 0.5) is 0 Å². The van der Waals surface area contributed by atoms with Gasteiger partial charge in [0.15, 0.2) is 5.78 Å². The van der Waals surface area contributed by atoms with E-state index in [9.17, 15) is 9.90 Å². The minimum absolute atomic E-state index is 0.00686. The molecule has 2 saturated heterocycles. The van der Waals surface area contributed by atoms with Crippen molar-refractivity contribution < 1.29 is 19.4 Å². The molecule has 5 heteroatoms. The molecule has 5 rings (SSSR count). The highest BCUT2D eigenvalue weighted by Gasteiger charge is 2.59. The van der Waals surface area contributed by atoms with Crippen LogP contribution >= 0.6 is 15.9 Å². The predicted molar refractivity (Wildman–Crippen MR) is 105 cm³/mol. The van der Waals surface area contributed by atoms with Gasteiger partial charge in [0.25, 0.3) is 0 Å². The zero-order valence-electron chi connectivity index (χ0n) is 14.8. The number of aliphatic hydroxyl groups excluding tert-OH is 1. The molecular formula is C22H19BrO4. The van der Waals surface area contributed by atoms with Crippen LogP contribution in [0.25, 0.3) is 5.57 Å². The van der Waals surface area contributed by atoms with E-state index in [4.69, 9.17) is 9.47 Å². The maximum Gasteiger partial charge on any atom is 0.173 e. The van der Waals surface area contributed by atoms with Crippen molar-refractivity contribution in [3.63, 3.8) is 0 Å². The maximum absolute atomic E-state index is 13.1. The van der Waals surface area contributed by atoms with Gasteiger partial charge in [0.1, 0.15) is 17.3 Å². The van der Waals surface area contributed by atoms with Gasteiger partial charge in [0, 0.05) is 4.47 Å². The fraction of sp³-hybridized carbons (Fsp3) is 0.318. The molecule has 1 aliphatic carbocycles. The molecule has 2 bridgehead atoms. The molecule has 2 aromatic rings. The van der Waals surface area contributed by atoms with Gasteiger partial charge in [-0.15, -0.1) is 0 Å². The van der Waals surface area contributed by atoms with Gasteiger partial charge in [-0.2, -0.15) is 0 Å². The number of carbonyl (C=O) groups excluding carboxylic acids is 1. The van der Waals surface area contributed by atoms with E-state index in [1.165, 1.54) is 0 Å². The Morgan fingerprint density at radius 3 is 2.56 bits per heavy atom. The first kappa shape index (κ1) is 17.0. The number of benzene rings is 2. The monoisotopic (exact) mass is 426 g/mol. The number of hydrogen-bond donors (Lipinski definition) is 1. The average Bonchev–Trinajstić information content (AvgIpc) is 3.31. The Labute approximate surface area is 165 Å². The summed E-state index contributed by atoms with van der Waals surface area (Å²) in [4.78, 5) is 13.1. The zero-order valence-corrected chi connectivity index (χ0v) is 16.4. The molecule has 0 saturated carbocycles. The van der Waals surface area contributed by atoms with Gasteiger partial charge in [0.2, 0.25) is 0 Å². The SMILES string of the molecule is Cc1ccc(Oc2cccc(Br)c2)cc1C1=C(O)[C@H]2[C@@H](C1=O)[C@@H]1CC[C@H]2O1. The second-order valence-corrected chi connectivity index (χ2v) is 8.42. The third-order valence-corrected chi connectivity index (χ3v) is 6.40. The molecule has 2 aromatic carbocycles. The summed E-state index contributed by atoms with van der Waals surface area (Å²) in [5.74, 6) is 1.14. The van der Waals surface area contributed by atoms with E-state index in [-0.39, 0.29) is 35.6 Å². The van der Waals surface area contributed by atoms with E-state index in [0.717, 1.165) is 28.4 Å². The lowest BCUT2D eigenvalue weighted by atomic mass is 9.80. The first-order chi connectivity index (χ1) is 13.0. The number of ketones is 1. The molecule has 0 aromatic heterocycles. The first-order valence-corrected chi connectivity index (χ1v) is 9.99. The van der Waals surface area contributed by atoms with Crippen molar-refractivity contribution in [3.8, 4) is 11.5 Å². The number of Topliss-reactive ketones (excluding diaryl/α,β-unsaturated/α-hetero) is 1. The Morgan fingerprint density at radius 1 is 1.07 bits per heavy atom. The highest BCUT2D eigenvalue weighted by Crippen LogP contribution is 2.53. The minimum Gasteiger partial charge on any atom is -0.511 e. The number of ether oxygens (including phenoxy) is 2. The van der Waals surface area contributed by atoms with E-state index >= 15 is 0 Å². The van der Waals surface area contributed by atoms with Crippen molar-refractivity contribution in [2.24, 2.45) is 11.8 Å². The van der Waals surface area contributed by atoms with Gasteiger partial charge in [0.05, 0.1) is 29.6 Å². The van der Waals surface area contributed by atoms with Crippen LogP contribution < -0.4 is 4.74 Å². The Bertz CT molecular complexity index is 980. The van der Waals surface area contributed by atoms with E-state index in [1.54, 1.807) is 0 Å². The summed E-state index contributed by atoms with van der Waals surface area (Å²) in [7, 11) is 0. The van der Waals surface area contributed by atoms with Crippen molar-refractivity contribution in [1.82, 2.24) is 0 Å². The number of halogens is 1. The summed E-state index contributed by atoms with van der Waals surface area (Å²) in [6.45, 7) is 1.95. The van der Waals surface area contributed by atoms with E-state index in [2.05, 4.69) is 15.9 Å². The van der Waals surface area contributed by atoms with Gasteiger partial charge < -0.3 is 14.6 Å². The van der Waals surface area contributed by atoms with Crippen LogP contribution in [0.1, 0.15) is 24.0 Å². The quantitative estimate of drug-likeness (QED) is 0.732. The van der Waals surface area contributed by atoms with Crippen LogP contribution in [0.3, 0.4) is 0 Å². The molecule has 4 atom stereocenters. The number of aryl methyl sites for hydroxylation is 1. The molecular weight excluding hydrogens is 408 g/mol. The number of carbonyl (C=O) groups is 1. The number of fused-ring (bicyclic) bond motifs is 5. The van der Waals surface area contributed by atoms with Crippen molar-refractivity contribution in [3.05, 3.63) is 63.8 Å². The largest absolute Gasteiger partial charge is 0.511 e. The van der Waals surface area contributed by atoms with Gasteiger partial charge >= 0.3 is 0 Å². The van der Waals surface area contributed by atoms with Crippen molar-refractivity contribution in [2.75, 3.05) is 0 Å². The molecule has 0 radical (unpaired) electrons. The van der Waals surface area contributed by atoms with Crippen molar-refractivity contribution in [2.45, 2.75) is 32.0 Å². The van der Waals surface area contributed by atoms with Gasteiger partial charge in [-0.1, -0.05) is 28.1 Å². The first-order valence-electron chi connectivity index (χ1n) is 9.20. The van der Waals surface area contributed by atoms with Gasteiger partial charge in [-0.3, -0.25) is 4.79 Å². The molecule has 1 N–H and O–H groups in total. The lowest BCUT2D eigenvalue weighted by Crippen LogP contribution is -2.29. The predicted octanol–water partition coefficient (Wildman–Crippen LogP) is 5.20. The van der Waals surface area contributed by atoms with E-state index in [0.29, 0.717) is 17.1 Å². The zero-order chi connectivity index (χ0) is 18.7. The lowest BCUT2D eigenvalue weighted by Gasteiger charge is -2.19. The van der Waals surface area contributed by atoms with Crippen LogP contribution in [0.15, 0.2) is 52.7 Å². The topological polar surface area (TPSA) is 55.8 Å². The number of aliphatic hydroxyl groups is 1. The molecule has 4 nitrogen and oxygen atoms in total. The molecule has 2 aliphatic heterocycles. The number of rotatable bonds is 3. The molecule has 3 aliphatic rings. The van der Waals surface area contributed by atoms with Crippen LogP contribution in [0.2, 0.25) is 0 Å². The fourth-order valence-corrected chi connectivity index (χ4v) is 5.07. The van der Waals surface area contributed by atoms with E-state index in [1.807, 2.05) is 49.4 Å². The molecule has 2 fully saturated rings. The minimum atomic E-state index is -0.229. The Balaban J connectivity index is 1.52. The Kier molecular flexibility index (Phi) is 3.92. The third-order valence-electron chi connectivity index (χ3n) is 5.90. The second-order valence-electron chi connectivity index (χ2n) is 7.50. The van der Waals surface area contributed by atoms with Crippen LogP contribution in [-0.2, 0) is 9.53 Å². The number of allylic oxidation sites excluding steroid dienone is 1. The fourth-order valence-electron chi connectivity index (χ4n) is 4.69. The van der Waals surface area contributed by atoms with Crippen molar-refractivity contribution >= 4 is 27.3 Å². The highest BCUT2D eigenvalue weighted by atomic mass is 79.9. The smallest absolute Gasteiger partial charge is 0.173 e. The van der Waals surface area contributed by atoms with Crippen molar-refractivity contribution in [1.29, 1.82) is 0 Å². The molecule has 2 heterocycles. The summed E-state index contributed by atoms with van der Waals surface area (Å²) in [6, 6.07) is 13.3. The Morgan fingerprint density at radius 2 is 1.81 bits per heavy atom. The lowest BCUT2D eigenvalue weighted by molar-refractivity contribution is -0.118. The molecule has 0 amide bonds. The van der Waals surface area contributed by atoms with Crippen LogP contribution in [-0.4, -0.2) is 23.1 Å². The molecule has 0 spiro atoms. The summed E-state index contributed by atoms with van der Waals surface area (Å²) < 4.78 is 12.8. The van der Waals surface area contributed by atoms with Gasteiger partial charge in [-0.25, -0.2) is 0 Å². The molecule has 27 heavy (non-hydrogen) atoms. The summed E-state index contributed by atoms with van der Waals surface area (Å²) in [6.07, 6.45) is 1.75. The Hall–Kier alpha value is -2.11. The normalized spacial score (nSPS) is 28.7. The maximum atomic E-state index is 13.1. The van der Waals surface area contributed by atoms with E-state index < -0.39 is 0 Å². The molecule has 0 unspecified atom stereocenters. The average molecular weight is 427 g/mol. The van der Waals surface area contributed by atoms with Gasteiger partial charge in [-0.05, 0) is 61.2 Å². The summed E-state index contributed by atoms with van der Waals surface area (Å²) in [5, 5.41) is 10.9.